The molecule has 2 aromatic carbocycles. The molecule has 1 saturated heterocycles. The Kier molecular flexibility index (Phi) is 6.40. The number of ketones is 1. The van der Waals surface area contributed by atoms with Crippen molar-refractivity contribution in [3.63, 3.8) is 0 Å². The third kappa shape index (κ3) is 4.40. The van der Waals surface area contributed by atoms with Crippen LogP contribution in [0.2, 0.25) is 0 Å². The molecule has 5 rings (SSSR count). The largest absolute Gasteiger partial charge is 0.507 e. The van der Waals surface area contributed by atoms with Gasteiger partial charge >= 0.3 is 0 Å². The van der Waals surface area contributed by atoms with Gasteiger partial charge in [-0.25, -0.2) is 0 Å². The number of Topliss-reactive ketones (excluding diaryl/α,β-unsaturated/α-hetero) is 1. The van der Waals surface area contributed by atoms with Crippen LogP contribution in [0.4, 0.5) is 0 Å². The van der Waals surface area contributed by atoms with Gasteiger partial charge in [-0.3, -0.25) is 14.6 Å². The minimum atomic E-state index is -0.806. The van der Waals surface area contributed by atoms with Crippen molar-refractivity contribution in [2.45, 2.75) is 12.6 Å². The van der Waals surface area contributed by atoms with Gasteiger partial charge < -0.3 is 24.2 Å². The zero-order valence-electron chi connectivity index (χ0n) is 19.4. The number of pyridine rings is 1. The van der Waals surface area contributed by atoms with Gasteiger partial charge in [-0.2, -0.15) is 0 Å². The fourth-order valence-electron chi connectivity index (χ4n) is 4.32. The number of carbonyl (C=O) groups excluding carboxylic acids is 2. The van der Waals surface area contributed by atoms with Crippen molar-refractivity contribution < 1.29 is 28.9 Å². The average molecular weight is 485 g/mol. The topological polar surface area (TPSA) is 98.2 Å². The molecule has 36 heavy (non-hydrogen) atoms. The summed E-state index contributed by atoms with van der Waals surface area (Å²) in [6, 6.07) is 14.8. The Hall–Kier alpha value is -4.59. The maximum absolute atomic E-state index is 13.3. The fourth-order valence-corrected chi connectivity index (χ4v) is 4.32. The van der Waals surface area contributed by atoms with E-state index in [2.05, 4.69) is 11.6 Å². The van der Waals surface area contributed by atoms with Crippen LogP contribution in [0.5, 0.6) is 17.2 Å². The summed E-state index contributed by atoms with van der Waals surface area (Å²) in [5, 5.41) is 11.3. The standard InChI is InChI=1S/C28H24N2O6/c1-2-13-34-21-6-3-19(4-7-21)25-24(26(31)20-5-8-22-23(16-20)36-15-14-35-22)27(32)28(33)30(25)17-18-9-11-29-12-10-18/h2-12,16,25,31H,1,13-15,17H2/b26-24+. The molecule has 2 aliphatic heterocycles. The molecule has 0 spiro atoms. The molecule has 1 unspecified atom stereocenters. The second-order valence-corrected chi connectivity index (χ2v) is 8.31. The molecule has 1 aromatic heterocycles. The number of aliphatic hydroxyl groups excluding tert-OH is 1. The number of nitrogens with zero attached hydrogens (tertiary/aromatic N) is 2. The van der Waals surface area contributed by atoms with Gasteiger partial charge in [0, 0.05) is 24.5 Å². The predicted octanol–water partition coefficient (Wildman–Crippen LogP) is 4.04. The average Bonchev–Trinajstić information content (AvgIpc) is 3.17. The number of aromatic nitrogens is 1. The summed E-state index contributed by atoms with van der Waals surface area (Å²) in [6.07, 6.45) is 4.90. The van der Waals surface area contributed by atoms with E-state index in [0.29, 0.717) is 48.2 Å². The minimum absolute atomic E-state index is 0.00509. The Labute approximate surface area is 208 Å². The van der Waals surface area contributed by atoms with Crippen molar-refractivity contribution in [3.8, 4) is 17.2 Å². The van der Waals surface area contributed by atoms with Gasteiger partial charge in [0.2, 0.25) is 0 Å². The predicted molar refractivity (Wildman–Crippen MR) is 132 cm³/mol. The van der Waals surface area contributed by atoms with E-state index in [4.69, 9.17) is 14.2 Å². The monoisotopic (exact) mass is 484 g/mol. The number of rotatable bonds is 7. The maximum Gasteiger partial charge on any atom is 0.295 e. The first-order valence-corrected chi connectivity index (χ1v) is 11.5. The number of carbonyl (C=O) groups is 2. The third-order valence-corrected chi connectivity index (χ3v) is 6.02. The summed E-state index contributed by atoms with van der Waals surface area (Å²) in [7, 11) is 0. The molecule has 8 nitrogen and oxygen atoms in total. The highest BCUT2D eigenvalue weighted by atomic mass is 16.6. The molecule has 0 saturated carbocycles. The fraction of sp³-hybridized carbons (Fsp3) is 0.179. The van der Waals surface area contributed by atoms with Crippen molar-refractivity contribution in [1.29, 1.82) is 0 Å². The van der Waals surface area contributed by atoms with E-state index < -0.39 is 17.7 Å². The van der Waals surface area contributed by atoms with Gasteiger partial charge in [-0.15, -0.1) is 0 Å². The molecule has 3 heterocycles. The van der Waals surface area contributed by atoms with Gasteiger partial charge in [0.15, 0.2) is 11.5 Å². The summed E-state index contributed by atoms with van der Waals surface area (Å²) < 4.78 is 16.8. The van der Waals surface area contributed by atoms with Gasteiger partial charge in [-0.1, -0.05) is 24.8 Å². The highest BCUT2D eigenvalue weighted by Crippen LogP contribution is 2.42. The molecule has 0 aliphatic carbocycles. The highest BCUT2D eigenvalue weighted by molar-refractivity contribution is 6.46. The number of likely N-dealkylation sites (tertiary alicyclic amines) is 1. The van der Waals surface area contributed by atoms with E-state index in [1.807, 2.05) is 0 Å². The number of fused-ring (bicyclic) bond motifs is 1. The minimum Gasteiger partial charge on any atom is -0.507 e. The Morgan fingerprint density at radius 3 is 2.50 bits per heavy atom. The number of amides is 1. The SMILES string of the molecule is C=CCOc1ccc(C2/C(=C(\O)c3ccc4c(c3)OCCO4)C(=O)C(=O)N2Cc2ccncc2)cc1. The molecule has 1 amide bonds. The molecular formula is C28H24N2O6. The van der Waals surface area contributed by atoms with Crippen LogP contribution in [0.25, 0.3) is 5.76 Å². The van der Waals surface area contributed by atoms with Crippen LogP contribution in [0.1, 0.15) is 22.7 Å². The van der Waals surface area contributed by atoms with Crippen LogP contribution in [0.3, 0.4) is 0 Å². The van der Waals surface area contributed by atoms with Gasteiger partial charge in [0.1, 0.15) is 31.3 Å². The Balaban J connectivity index is 1.59. The Morgan fingerprint density at radius 1 is 1.06 bits per heavy atom. The van der Waals surface area contributed by atoms with Crippen molar-refractivity contribution in [2.75, 3.05) is 19.8 Å². The number of hydrogen-bond acceptors (Lipinski definition) is 7. The first kappa shape index (κ1) is 23.2. The molecule has 8 heteroatoms. The van der Waals surface area contributed by atoms with E-state index >= 15 is 0 Å². The second kappa shape index (κ2) is 9.95. The first-order valence-electron chi connectivity index (χ1n) is 11.5. The molecule has 1 N–H and O–H groups in total. The number of ether oxygens (including phenoxy) is 3. The van der Waals surface area contributed by atoms with Crippen LogP contribution in [-0.2, 0) is 16.1 Å². The van der Waals surface area contributed by atoms with Gasteiger partial charge in [0.05, 0.1) is 11.6 Å². The lowest BCUT2D eigenvalue weighted by atomic mass is 9.95. The molecule has 0 radical (unpaired) electrons. The number of benzene rings is 2. The molecule has 2 aliphatic rings. The Morgan fingerprint density at radius 2 is 1.78 bits per heavy atom. The van der Waals surface area contributed by atoms with Crippen molar-refractivity contribution >= 4 is 17.4 Å². The van der Waals surface area contributed by atoms with Gasteiger partial charge in [0.25, 0.3) is 11.7 Å². The highest BCUT2D eigenvalue weighted by Gasteiger charge is 2.46. The summed E-state index contributed by atoms with van der Waals surface area (Å²) in [6.45, 7) is 4.99. The molecule has 1 fully saturated rings. The van der Waals surface area contributed by atoms with E-state index in [1.165, 1.54) is 4.90 Å². The lowest BCUT2D eigenvalue weighted by Crippen LogP contribution is -2.29. The van der Waals surface area contributed by atoms with Crippen LogP contribution in [0, 0.1) is 0 Å². The first-order chi connectivity index (χ1) is 17.6. The van der Waals surface area contributed by atoms with Crippen LogP contribution in [0.15, 0.2) is 85.2 Å². The van der Waals surface area contributed by atoms with E-state index in [1.54, 1.807) is 73.1 Å². The molecule has 1 atom stereocenters. The summed E-state index contributed by atoms with van der Waals surface area (Å²) in [5.74, 6) is -0.0772. The molecule has 3 aromatic rings. The van der Waals surface area contributed by atoms with Crippen molar-refractivity contribution in [1.82, 2.24) is 9.88 Å². The van der Waals surface area contributed by atoms with E-state index in [9.17, 15) is 14.7 Å². The molecule has 0 bridgehead atoms. The molecule has 182 valence electrons. The second-order valence-electron chi connectivity index (χ2n) is 8.31. The van der Waals surface area contributed by atoms with E-state index in [0.717, 1.165) is 5.56 Å². The summed E-state index contributed by atoms with van der Waals surface area (Å²) in [5.41, 5.74) is 1.83. The zero-order valence-corrected chi connectivity index (χ0v) is 19.4. The van der Waals surface area contributed by atoms with Gasteiger partial charge in [-0.05, 0) is 53.6 Å². The summed E-state index contributed by atoms with van der Waals surface area (Å²) in [4.78, 5) is 32.0. The summed E-state index contributed by atoms with van der Waals surface area (Å²) >= 11 is 0. The van der Waals surface area contributed by atoms with Crippen molar-refractivity contribution in [3.05, 3.63) is 102 Å². The molecular weight excluding hydrogens is 460 g/mol. The van der Waals surface area contributed by atoms with Crippen LogP contribution in [-0.4, -0.2) is 46.5 Å². The van der Waals surface area contributed by atoms with Crippen molar-refractivity contribution in [2.24, 2.45) is 0 Å². The number of hydrogen-bond donors (Lipinski definition) is 1. The lowest BCUT2D eigenvalue weighted by Gasteiger charge is -2.25. The van der Waals surface area contributed by atoms with Crippen LogP contribution >= 0.6 is 0 Å². The van der Waals surface area contributed by atoms with Crippen LogP contribution < -0.4 is 14.2 Å². The number of aliphatic hydroxyl groups is 1. The maximum atomic E-state index is 13.3. The smallest absolute Gasteiger partial charge is 0.295 e. The Bertz CT molecular complexity index is 1330. The quantitative estimate of drug-likeness (QED) is 0.234. The normalized spacial score (nSPS) is 18.2. The van der Waals surface area contributed by atoms with E-state index in [-0.39, 0.29) is 17.9 Å². The third-order valence-electron chi connectivity index (χ3n) is 6.02. The lowest BCUT2D eigenvalue weighted by molar-refractivity contribution is -0.140. The zero-order chi connectivity index (χ0) is 25.1.